The summed E-state index contributed by atoms with van der Waals surface area (Å²) in [5.41, 5.74) is -0.128. The molecule has 0 radical (unpaired) electrons. The zero-order valence-corrected chi connectivity index (χ0v) is 11.8. The van der Waals surface area contributed by atoms with Crippen LogP contribution in [-0.2, 0) is 10.8 Å². The highest BCUT2D eigenvalue weighted by molar-refractivity contribution is 7.84. The maximum Gasteiger partial charge on any atom is 0.272 e. The number of hydrogen-bond acceptors (Lipinski definition) is 4. The van der Waals surface area contributed by atoms with Gasteiger partial charge in [-0.15, -0.1) is 0 Å². The molecular formula is C13H15N3O3S. The van der Waals surface area contributed by atoms with Crippen molar-refractivity contribution in [2.75, 3.05) is 18.6 Å². The van der Waals surface area contributed by atoms with Gasteiger partial charge in [-0.1, -0.05) is 18.2 Å². The van der Waals surface area contributed by atoms with Crippen molar-refractivity contribution < 1.29 is 9.00 Å². The normalized spacial score (nSPS) is 12.2. The maximum absolute atomic E-state index is 12.0. The summed E-state index contributed by atoms with van der Waals surface area (Å²) in [4.78, 5) is 23.6. The van der Waals surface area contributed by atoms with E-state index in [9.17, 15) is 13.8 Å². The standard InChI is InChI=1S/C13H15N3O3S/c1-20(19)8-4-7-14-13(18)11-9-5-2-3-6-10(9)12(17)16-15-11/h2-3,5-6H,4,7-8H2,1H3,(H,14,18)(H,16,17). The monoisotopic (exact) mass is 293 g/mol. The molecule has 2 N–H and O–H groups in total. The van der Waals surface area contributed by atoms with Crippen molar-refractivity contribution in [1.29, 1.82) is 0 Å². The Hall–Kier alpha value is -2.02. The number of aromatic amines is 1. The second kappa shape index (κ2) is 6.42. The third kappa shape index (κ3) is 3.30. The van der Waals surface area contributed by atoms with E-state index in [1.807, 2.05) is 0 Å². The summed E-state index contributed by atoms with van der Waals surface area (Å²) in [5, 5.41) is 9.79. The minimum absolute atomic E-state index is 0.192. The molecule has 0 saturated heterocycles. The predicted octanol–water partition coefficient (Wildman–Crippen LogP) is 0.421. The Morgan fingerprint density at radius 1 is 1.35 bits per heavy atom. The number of nitrogens with zero attached hydrogens (tertiary/aromatic N) is 1. The SMILES string of the molecule is CS(=O)CCCNC(=O)c1n[nH]c(=O)c2ccccc12. The van der Waals surface area contributed by atoms with Gasteiger partial charge in [-0.3, -0.25) is 13.8 Å². The summed E-state index contributed by atoms with van der Waals surface area (Å²) >= 11 is 0. The highest BCUT2D eigenvalue weighted by atomic mass is 32.2. The first kappa shape index (κ1) is 14.4. The fourth-order valence-corrected chi connectivity index (χ4v) is 2.40. The second-order valence-electron chi connectivity index (χ2n) is 4.33. The summed E-state index contributed by atoms with van der Waals surface area (Å²) in [5.74, 6) is 0.194. The van der Waals surface area contributed by atoms with E-state index >= 15 is 0 Å². The maximum atomic E-state index is 12.0. The summed E-state index contributed by atoms with van der Waals surface area (Å²) < 4.78 is 10.9. The molecule has 0 aliphatic heterocycles. The molecule has 1 heterocycles. The molecule has 1 aromatic heterocycles. The molecule has 2 rings (SSSR count). The number of amides is 1. The van der Waals surface area contributed by atoms with Gasteiger partial charge < -0.3 is 5.32 Å². The number of fused-ring (bicyclic) bond motifs is 1. The highest BCUT2D eigenvalue weighted by Gasteiger charge is 2.13. The molecule has 6 nitrogen and oxygen atoms in total. The van der Waals surface area contributed by atoms with E-state index in [1.54, 1.807) is 30.5 Å². The summed E-state index contributed by atoms with van der Waals surface area (Å²) in [7, 11) is -0.865. The third-order valence-electron chi connectivity index (χ3n) is 2.81. The van der Waals surface area contributed by atoms with Crippen LogP contribution >= 0.6 is 0 Å². The Labute approximate surface area is 118 Å². The fourth-order valence-electron chi connectivity index (χ4n) is 1.85. The van der Waals surface area contributed by atoms with Gasteiger partial charge in [-0.2, -0.15) is 5.10 Å². The zero-order valence-electron chi connectivity index (χ0n) is 11.0. The van der Waals surface area contributed by atoms with Crippen molar-refractivity contribution in [3.05, 3.63) is 40.3 Å². The molecule has 2 aromatic rings. The molecule has 0 aliphatic carbocycles. The summed E-state index contributed by atoms with van der Waals surface area (Å²) in [6.45, 7) is 0.424. The Bertz CT molecular complexity index is 711. The van der Waals surface area contributed by atoms with E-state index in [1.165, 1.54) is 0 Å². The number of benzene rings is 1. The molecule has 0 saturated carbocycles. The van der Waals surface area contributed by atoms with Crippen LogP contribution < -0.4 is 10.9 Å². The van der Waals surface area contributed by atoms with Crippen LogP contribution in [-0.4, -0.2) is 38.9 Å². The number of nitrogens with one attached hydrogen (secondary N) is 2. The molecule has 1 amide bonds. The van der Waals surface area contributed by atoms with Crippen LogP contribution in [0.4, 0.5) is 0 Å². The van der Waals surface area contributed by atoms with Crippen LogP contribution in [0.15, 0.2) is 29.1 Å². The molecule has 106 valence electrons. The van der Waals surface area contributed by atoms with Crippen LogP contribution in [0.1, 0.15) is 16.9 Å². The van der Waals surface area contributed by atoms with Gasteiger partial charge in [0, 0.05) is 34.7 Å². The lowest BCUT2D eigenvalue weighted by molar-refractivity contribution is 0.0949. The molecule has 7 heteroatoms. The van der Waals surface area contributed by atoms with Crippen molar-refractivity contribution in [2.45, 2.75) is 6.42 Å². The van der Waals surface area contributed by atoms with Gasteiger partial charge >= 0.3 is 0 Å². The van der Waals surface area contributed by atoms with Crippen molar-refractivity contribution in [2.24, 2.45) is 0 Å². The van der Waals surface area contributed by atoms with Crippen molar-refractivity contribution >= 4 is 27.5 Å². The molecule has 20 heavy (non-hydrogen) atoms. The topological polar surface area (TPSA) is 91.9 Å². The minimum atomic E-state index is -0.865. The van der Waals surface area contributed by atoms with E-state index in [-0.39, 0.29) is 17.2 Å². The molecule has 1 atom stereocenters. The smallest absolute Gasteiger partial charge is 0.272 e. The first-order chi connectivity index (χ1) is 9.59. The van der Waals surface area contributed by atoms with Gasteiger partial charge in [0.2, 0.25) is 0 Å². The van der Waals surface area contributed by atoms with Gasteiger partial charge in [0.1, 0.15) is 0 Å². The molecule has 0 bridgehead atoms. The number of carbonyl (C=O) groups is 1. The first-order valence-electron chi connectivity index (χ1n) is 6.15. The van der Waals surface area contributed by atoms with E-state index in [0.717, 1.165) is 0 Å². The largest absolute Gasteiger partial charge is 0.351 e. The minimum Gasteiger partial charge on any atom is -0.351 e. The molecule has 1 unspecified atom stereocenters. The first-order valence-corrected chi connectivity index (χ1v) is 7.88. The van der Waals surface area contributed by atoms with Gasteiger partial charge in [0.25, 0.3) is 11.5 Å². The summed E-state index contributed by atoms with van der Waals surface area (Å²) in [6, 6.07) is 6.82. The van der Waals surface area contributed by atoms with Crippen LogP contribution in [0.2, 0.25) is 0 Å². The lowest BCUT2D eigenvalue weighted by Crippen LogP contribution is -2.28. The average molecular weight is 293 g/mol. The number of H-pyrrole nitrogens is 1. The fraction of sp³-hybridized carbons (Fsp3) is 0.308. The predicted molar refractivity (Wildman–Crippen MR) is 78.2 cm³/mol. The number of carbonyl (C=O) groups excluding carboxylic acids is 1. The van der Waals surface area contributed by atoms with E-state index in [0.29, 0.717) is 29.5 Å². The van der Waals surface area contributed by atoms with Crippen LogP contribution in [0, 0.1) is 0 Å². The van der Waals surface area contributed by atoms with Gasteiger partial charge in [-0.05, 0) is 12.5 Å². The molecule has 1 aromatic carbocycles. The van der Waals surface area contributed by atoms with Gasteiger partial charge in [0.05, 0.1) is 5.39 Å². The number of aromatic nitrogens is 2. The average Bonchev–Trinajstić information content (AvgIpc) is 2.44. The van der Waals surface area contributed by atoms with E-state index in [2.05, 4.69) is 15.5 Å². The number of hydrogen-bond donors (Lipinski definition) is 2. The van der Waals surface area contributed by atoms with Gasteiger partial charge in [-0.25, -0.2) is 5.10 Å². The van der Waals surface area contributed by atoms with Crippen molar-refractivity contribution in [3.8, 4) is 0 Å². The molecule has 0 fully saturated rings. The zero-order chi connectivity index (χ0) is 14.5. The summed E-state index contributed by atoms with van der Waals surface area (Å²) in [6.07, 6.45) is 2.26. The van der Waals surface area contributed by atoms with Crippen LogP contribution in [0.5, 0.6) is 0 Å². The quantitative estimate of drug-likeness (QED) is 0.782. The third-order valence-corrected chi connectivity index (χ3v) is 3.67. The molecular weight excluding hydrogens is 278 g/mol. The van der Waals surface area contributed by atoms with E-state index < -0.39 is 10.8 Å². The van der Waals surface area contributed by atoms with Crippen LogP contribution in [0.3, 0.4) is 0 Å². The Morgan fingerprint density at radius 2 is 2.05 bits per heavy atom. The molecule has 0 aliphatic rings. The van der Waals surface area contributed by atoms with Crippen molar-refractivity contribution in [1.82, 2.24) is 15.5 Å². The van der Waals surface area contributed by atoms with E-state index in [4.69, 9.17) is 0 Å². The number of rotatable bonds is 5. The lowest BCUT2D eigenvalue weighted by Gasteiger charge is -2.06. The second-order valence-corrected chi connectivity index (χ2v) is 5.89. The van der Waals surface area contributed by atoms with Gasteiger partial charge in [0.15, 0.2) is 5.69 Å². The Balaban J connectivity index is 2.16. The Kier molecular flexibility index (Phi) is 4.62. The Morgan fingerprint density at radius 3 is 2.75 bits per heavy atom. The van der Waals surface area contributed by atoms with Crippen molar-refractivity contribution in [3.63, 3.8) is 0 Å². The molecule has 0 spiro atoms. The lowest BCUT2D eigenvalue weighted by atomic mass is 10.1. The van der Waals surface area contributed by atoms with Crippen LogP contribution in [0.25, 0.3) is 10.8 Å². The highest BCUT2D eigenvalue weighted by Crippen LogP contribution is 2.11.